The molecule has 14 heavy (non-hydrogen) atoms. The van der Waals surface area contributed by atoms with Crippen molar-refractivity contribution in [1.29, 1.82) is 0 Å². The minimum Gasteiger partial charge on any atom is -0.462 e. The fourth-order valence-electron chi connectivity index (χ4n) is 2.19. The molecule has 3 heteroatoms. The Labute approximate surface area is 85.0 Å². The van der Waals surface area contributed by atoms with E-state index in [1.165, 1.54) is 6.42 Å². The standard InChI is InChI=1S/C11H19NO2/c12-9-4-1-3-8(7-9)11(13)14-10-5-2-6-10/h8-10H,1-7,12H2. The largest absolute Gasteiger partial charge is 0.462 e. The fourth-order valence-corrected chi connectivity index (χ4v) is 2.19. The SMILES string of the molecule is NC1CCCC(C(=O)OC2CCC2)C1. The molecule has 0 heterocycles. The van der Waals surface area contributed by atoms with Crippen molar-refractivity contribution in [3.63, 3.8) is 0 Å². The summed E-state index contributed by atoms with van der Waals surface area (Å²) in [4.78, 5) is 11.7. The molecule has 2 unspecified atom stereocenters. The minimum absolute atomic E-state index is 0.00449. The number of esters is 1. The topological polar surface area (TPSA) is 52.3 Å². The van der Waals surface area contributed by atoms with E-state index in [0.29, 0.717) is 0 Å². The maximum Gasteiger partial charge on any atom is 0.309 e. The Morgan fingerprint density at radius 1 is 1.14 bits per heavy atom. The summed E-state index contributed by atoms with van der Waals surface area (Å²) in [5, 5.41) is 0. The smallest absolute Gasteiger partial charge is 0.309 e. The Balaban J connectivity index is 1.77. The van der Waals surface area contributed by atoms with Crippen LogP contribution in [0.4, 0.5) is 0 Å². The molecule has 0 aliphatic heterocycles. The first-order chi connectivity index (χ1) is 6.75. The van der Waals surface area contributed by atoms with Gasteiger partial charge in [-0.25, -0.2) is 0 Å². The van der Waals surface area contributed by atoms with Crippen LogP contribution in [-0.4, -0.2) is 18.1 Å². The molecule has 0 aromatic rings. The van der Waals surface area contributed by atoms with Gasteiger partial charge in [0.25, 0.3) is 0 Å². The number of rotatable bonds is 2. The van der Waals surface area contributed by atoms with Crippen LogP contribution in [-0.2, 0) is 9.53 Å². The first-order valence-electron chi connectivity index (χ1n) is 5.72. The number of carbonyl (C=O) groups excluding carboxylic acids is 1. The highest BCUT2D eigenvalue weighted by atomic mass is 16.5. The first-order valence-corrected chi connectivity index (χ1v) is 5.72. The molecule has 2 atom stereocenters. The Morgan fingerprint density at radius 3 is 2.43 bits per heavy atom. The van der Waals surface area contributed by atoms with Gasteiger partial charge in [-0.1, -0.05) is 6.42 Å². The normalized spacial score (nSPS) is 33.5. The highest BCUT2D eigenvalue weighted by Crippen LogP contribution is 2.28. The molecule has 0 saturated heterocycles. The molecular weight excluding hydrogens is 178 g/mol. The van der Waals surface area contributed by atoms with Gasteiger partial charge in [0.1, 0.15) is 6.10 Å². The van der Waals surface area contributed by atoms with Crippen molar-refractivity contribution in [3.8, 4) is 0 Å². The average Bonchev–Trinajstić information content (AvgIpc) is 2.11. The van der Waals surface area contributed by atoms with Crippen LogP contribution in [0.1, 0.15) is 44.9 Å². The molecule has 0 aromatic heterocycles. The quantitative estimate of drug-likeness (QED) is 0.684. The number of hydrogen-bond donors (Lipinski definition) is 1. The predicted molar refractivity (Wildman–Crippen MR) is 53.7 cm³/mol. The molecule has 0 spiro atoms. The summed E-state index contributed by atoms with van der Waals surface area (Å²) in [6, 6.07) is 0.211. The first kappa shape index (κ1) is 9.97. The lowest BCUT2D eigenvalue weighted by molar-refractivity contribution is -0.159. The van der Waals surface area contributed by atoms with Crippen LogP contribution in [0.3, 0.4) is 0 Å². The highest BCUT2D eigenvalue weighted by Gasteiger charge is 2.30. The maximum atomic E-state index is 11.7. The number of ether oxygens (including phenoxy) is 1. The summed E-state index contributed by atoms with van der Waals surface area (Å²) in [5.41, 5.74) is 5.83. The van der Waals surface area contributed by atoms with Gasteiger partial charge in [-0.15, -0.1) is 0 Å². The van der Waals surface area contributed by atoms with Crippen molar-refractivity contribution in [1.82, 2.24) is 0 Å². The van der Waals surface area contributed by atoms with Crippen LogP contribution in [0.15, 0.2) is 0 Å². The molecular formula is C11H19NO2. The summed E-state index contributed by atoms with van der Waals surface area (Å²) in [5.74, 6) is 0.0872. The van der Waals surface area contributed by atoms with Crippen molar-refractivity contribution < 1.29 is 9.53 Å². The van der Waals surface area contributed by atoms with Crippen LogP contribution in [0.2, 0.25) is 0 Å². The highest BCUT2D eigenvalue weighted by molar-refractivity contribution is 5.72. The van der Waals surface area contributed by atoms with Crippen molar-refractivity contribution >= 4 is 5.97 Å². The number of hydrogen-bond acceptors (Lipinski definition) is 3. The average molecular weight is 197 g/mol. The van der Waals surface area contributed by atoms with Gasteiger partial charge >= 0.3 is 5.97 Å². The van der Waals surface area contributed by atoms with Crippen LogP contribution in [0.5, 0.6) is 0 Å². The van der Waals surface area contributed by atoms with Gasteiger partial charge in [-0.3, -0.25) is 4.79 Å². The molecule has 0 radical (unpaired) electrons. The molecule has 2 rings (SSSR count). The van der Waals surface area contributed by atoms with Gasteiger partial charge in [-0.05, 0) is 38.5 Å². The molecule has 2 fully saturated rings. The zero-order valence-electron chi connectivity index (χ0n) is 8.58. The van der Waals surface area contributed by atoms with E-state index in [4.69, 9.17) is 10.5 Å². The maximum absolute atomic E-state index is 11.7. The predicted octanol–water partition coefficient (Wildman–Crippen LogP) is 1.60. The molecule has 0 amide bonds. The third kappa shape index (κ3) is 2.27. The summed E-state index contributed by atoms with van der Waals surface area (Å²) in [7, 11) is 0. The van der Waals surface area contributed by atoms with Crippen molar-refractivity contribution in [2.75, 3.05) is 0 Å². The minimum atomic E-state index is 0.00449. The van der Waals surface area contributed by atoms with E-state index in [2.05, 4.69) is 0 Å². The van der Waals surface area contributed by atoms with E-state index in [-0.39, 0.29) is 24.0 Å². The second kappa shape index (κ2) is 4.30. The Hall–Kier alpha value is -0.570. The van der Waals surface area contributed by atoms with Crippen LogP contribution < -0.4 is 5.73 Å². The van der Waals surface area contributed by atoms with E-state index in [1.807, 2.05) is 0 Å². The number of carbonyl (C=O) groups is 1. The van der Waals surface area contributed by atoms with Crippen LogP contribution >= 0.6 is 0 Å². The van der Waals surface area contributed by atoms with Crippen molar-refractivity contribution in [3.05, 3.63) is 0 Å². The molecule has 80 valence electrons. The van der Waals surface area contributed by atoms with Gasteiger partial charge in [0.15, 0.2) is 0 Å². The third-order valence-electron chi connectivity index (χ3n) is 3.38. The Kier molecular flexibility index (Phi) is 3.06. The van der Waals surface area contributed by atoms with Gasteiger partial charge in [0.2, 0.25) is 0 Å². The fraction of sp³-hybridized carbons (Fsp3) is 0.909. The van der Waals surface area contributed by atoms with Gasteiger partial charge in [0.05, 0.1) is 5.92 Å². The lowest BCUT2D eigenvalue weighted by atomic mass is 9.86. The Bertz CT molecular complexity index is 213. The van der Waals surface area contributed by atoms with Crippen LogP contribution in [0, 0.1) is 5.92 Å². The summed E-state index contributed by atoms with van der Waals surface area (Å²) >= 11 is 0. The molecule has 2 aliphatic rings. The lowest BCUT2D eigenvalue weighted by Crippen LogP contribution is -2.35. The van der Waals surface area contributed by atoms with E-state index >= 15 is 0 Å². The second-order valence-corrected chi connectivity index (χ2v) is 4.61. The molecule has 0 aromatic carbocycles. The Morgan fingerprint density at radius 2 is 1.86 bits per heavy atom. The molecule has 0 bridgehead atoms. The van der Waals surface area contributed by atoms with E-state index < -0.39 is 0 Å². The van der Waals surface area contributed by atoms with Crippen LogP contribution in [0.25, 0.3) is 0 Å². The molecule has 2 saturated carbocycles. The van der Waals surface area contributed by atoms with E-state index in [1.54, 1.807) is 0 Å². The van der Waals surface area contributed by atoms with Gasteiger partial charge in [-0.2, -0.15) is 0 Å². The zero-order valence-corrected chi connectivity index (χ0v) is 8.58. The monoisotopic (exact) mass is 197 g/mol. The molecule has 2 N–H and O–H groups in total. The molecule has 2 aliphatic carbocycles. The van der Waals surface area contributed by atoms with Gasteiger partial charge in [0, 0.05) is 6.04 Å². The number of nitrogens with two attached hydrogens (primary N) is 1. The lowest BCUT2D eigenvalue weighted by Gasteiger charge is -2.30. The van der Waals surface area contributed by atoms with Crippen molar-refractivity contribution in [2.24, 2.45) is 11.7 Å². The summed E-state index contributed by atoms with van der Waals surface area (Å²) < 4.78 is 5.38. The second-order valence-electron chi connectivity index (χ2n) is 4.61. The zero-order chi connectivity index (χ0) is 9.97. The summed E-state index contributed by atoms with van der Waals surface area (Å²) in [6.07, 6.45) is 7.49. The van der Waals surface area contributed by atoms with E-state index in [9.17, 15) is 4.79 Å². The van der Waals surface area contributed by atoms with E-state index in [0.717, 1.165) is 38.5 Å². The summed E-state index contributed by atoms with van der Waals surface area (Å²) in [6.45, 7) is 0. The third-order valence-corrected chi connectivity index (χ3v) is 3.38. The van der Waals surface area contributed by atoms with Gasteiger partial charge < -0.3 is 10.5 Å². The van der Waals surface area contributed by atoms with Crippen molar-refractivity contribution in [2.45, 2.75) is 57.1 Å². The molecule has 3 nitrogen and oxygen atoms in total.